The molecule has 0 bridgehead atoms. The summed E-state index contributed by atoms with van der Waals surface area (Å²) < 4.78 is 33.1. The molecule has 2 aromatic carbocycles. The third kappa shape index (κ3) is 5.41. The molecular weight excluding hydrogens is 420 g/mol. The van der Waals surface area contributed by atoms with Crippen molar-refractivity contribution in [1.29, 1.82) is 0 Å². The van der Waals surface area contributed by atoms with Crippen LogP contribution in [0.4, 0.5) is 13.9 Å². The van der Waals surface area contributed by atoms with Gasteiger partial charge in [0.25, 0.3) is 5.91 Å². The van der Waals surface area contributed by atoms with Crippen molar-refractivity contribution in [3.05, 3.63) is 53.6 Å². The lowest BCUT2D eigenvalue weighted by molar-refractivity contribution is 0.0986. The third-order valence-corrected chi connectivity index (χ3v) is 5.23. The number of nitrogens with zero attached hydrogens (tertiary/aromatic N) is 3. The summed E-state index contributed by atoms with van der Waals surface area (Å²) in [4.78, 5) is 20.9. The number of ether oxygens (including phenoxy) is 1. The van der Waals surface area contributed by atoms with Gasteiger partial charge in [-0.2, -0.15) is 0 Å². The van der Waals surface area contributed by atoms with Gasteiger partial charge in [-0.1, -0.05) is 11.3 Å². The van der Waals surface area contributed by atoms with E-state index in [2.05, 4.69) is 4.98 Å². The minimum Gasteiger partial charge on any atom is -0.497 e. The number of aromatic nitrogens is 1. The van der Waals surface area contributed by atoms with Gasteiger partial charge in [0.05, 0.1) is 11.8 Å². The molecule has 9 heteroatoms. The van der Waals surface area contributed by atoms with Crippen LogP contribution in [0.2, 0.25) is 0 Å². The summed E-state index contributed by atoms with van der Waals surface area (Å²) in [5, 5.41) is 0.346. The molecule has 3 rings (SSSR count). The lowest BCUT2D eigenvalue weighted by Gasteiger charge is -2.21. The number of carbonyl (C=O) groups excluding carboxylic acids is 1. The highest BCUT2D eigenvalue weighted by molar-refractivity contribution is 7.22. The molecule has 0 aliphatic rings. The zero-order valence-corrected chi connectivity index (χ0v) is 17.9. The van der Waals surface area contributed by atoms with E-state index in [1.54, 1.807) is 31.4 Å². The highest BCUT2D eigenvalue weighted by atomic mass is 35.5. The van der Waals surface area contributed by atoms with Crippen molar-refractivity contribution in [1.82, 2.24) is 9.88 Å². The minimum atomic E-state index is -0.734. The van der Waals surface area contributed by atoms with E-state index in [1.165, 1.54) is 11.0 Å². The monoisotopic (exact) mass is 441 g/mol. The molecule has 0 unspecified atom stereocenters. The second-order valence-corrected chi connectivity index (χ2v) is 7.58. The molecule has 3 aromatic rings. The third-order valence-electron chi connectivity index (χ3n) is 4.20. The molecule has 0 fully saturated rings. The molecular formula is C20H22ClF2N3O2S. The van der Waals surface area contributed by atoms with Crippen molar-refractivity contribution in [2.45, 2.75) is 6.42 Å². The summed E-state index contributed by atoms with van der Waals surface area (Å²) in [7, 11) is 5.45. The number of carbonyl (C=O) groups is 1. The Bertz CT molecular complexity index is 980. The van der Waals surface area contributed by atoms with E-state index in [0.29, 0.717) is 34.1 Å². The smallest absolute Gasteiger partial charge is 0.260 e. The van der Waals surface area contributed by atoms with Crippen molar-refractivity contribution in [2.24, 2.45) is 0 Å². The first-order valence-electron chi connectivity index (χ1n) is 8.75. The minimum absolute atomic E-state index is 0. The molecule has 0 aliphatic carbocycles. The van der Waals surface area contributed by atoms with Crippen LogP contribution in [-0.4, -0.2) is 50.1 Å². The highest BCUT2D eigenvalue weighted by Gasteiger charge is 2.22. The molecule has 0 spiro atoms. The fourth-order valence-electron chi connectivity index (χ4n) is 2.78. The maximum Gasteiger partial charge on any atom is 0.260 e. The van der Waals surface area contributed by atoms with Crippen molar-refractivity contribution in [2.75, 3.05) is 39.2 Å². The van der Waals surface area contributed by atoms with Crippen molar-refractivity contribution in [3.63, 3.8) is 0 Å². The summed E-state index contributed by atoms with van der Waals surface area (Å²) in [6.45, 7) is 1.19. The molecule has 156 valence electrons. The average molecular weight is 442 g/mol. The van der Waals surface area contributed by atoms with Gasteiger partial charge in [0.2, 0.25) is 0 Å². The Morgan fingerprint density at radius 1 is 1.14 bits per heavy atom. The Kier molecular flexibility index (Phi) is 7.89. The highest BCUT2D eigenvalue weighted by Crippen LogP contribution is 2.32. The first-order chi connectivity index (χ1) is 13.4. The summed E-state index contributed by atoms with van der Waals surface area (Å²) >= 11 is 1.10. The van der Waals surface area contributed by atoms with Crippen LogP contribution in [0.25, 0.3) is 10.2 Å². The SMILES string of the molecule is COc1ccc(C(=O)N(CCCN(C)C)c2nc3c(F)cc(F)cc3s2)cc1.Cl. The number of hydrogen-bond acceptors (Lipinski definition) is 5. The van der Waals surface area contributed by atoms with Crippen LogP contribution in [0, 0.1) is 11.6 Å². The van der Waals surface area contributed by atoms with Crippen LogP contribution in [0.1, 0.15) is 16.8 Å². The Morgan fingerprint density at radius 3 is 2.45 bits per heavy atom. The molecule has 1 aromatic heterocycles. The molecule has 1 amide bonds. The van der Waals surface area contributed by atoms with Crippen LogP contribution < -0.4 is 9.64 Å². The van der Waals surface area contributed by atoms with Crippen molar-refractivity contribution in [3.8, 4) is 5.75 Å². The van der Waals surface area contributed by atoms with Crippen molar-refractivity contribution >= 4 is 45.0 Å². The zero-order valence-electron chi connectivity index (χ0n) is 16.3. The number of halogens is 3. The van der Waals surface area contributed by atoms with Gasteiger partial charge in [0.1, 0.15) is 17.1 Å². The summed E-state index contributed by atoms with van der Waals surface area (Å²) in [6.07, 6.45) is 0.710. The second kappa shape index (κ2) is 9.96. The lowest BCUT2D eigenvalue weighted by atomic mass is 10.2. The van der Waals surface area contributed by atoms with Gasteiger partial charge < -0.3 is 9.64 Å². The van der Waals surface area contributed by atoms with Gasteiger partial charge >= 0.3 is 0 Å². The Hall–Kier alpha value is -2.29. The van der Waals surface area contributed by atoms with Crippen LogP contribution in [0.3, 0.4) is 0 Å². The van der Waals surface area contributed by atoms with E-state index in [1.807, 2.05) is 19.0 Å². The standard InChI is InChI=1S/C20H21F2N3O2S.ClH/c1-24(2)9-4-10-25(19(26)13-5-7-15(27-3)8-6-13)20-23-18-16(22)11-14(21)12-17(18)28-20;/h5-8,11-12H,4,9-10H2,1-3H3;1H. The molecule has 5 nitrogen and oxygen atoms in total. The normalized spacial score (nSPS) is 10.8. The summed E-state index contributed by atoms with van der Waals surface area (Å²) in [5.41, 5.74) is 0.540. The molecule has 1 heterocycles. The number of anilines is 1. The molecule has 0 aliphatic heterocycles. The van der Waals surface area contributed by atoms with E-state index in [9.17, 15) is 13.6 Å². The molecule has 0 N–H and O–H groups in total. The number of benzene rings is 2. The average Bonchev–Trinajstić information content (AvgIpc) is 3.08. The Morgan fingerprint density at radius 2 is 1.83 bits per heavy atom. The number of methoxy groups -OCH3 is 1. The quantitative estimate of drug-likeness (QED) is 0.537. The van der Waals surface area contributed by atoms with Gasteiger partial charge in [0.15, 0.2) is 10.9 Å². The molecule has 0 saturated heterocycles. The lowest BCUT2D eigenvalue weighted by Crippen LogP contribution is -2.33. The first kappa shape index (κ1) is 23.0. The topological polar surface area (TPSA) is 45.7 Å². The van der Waals surface area contributed by atoms with E-state index in [-0.39, 0.29) is 23.8 Å². The predicted molar refractivity (Wildman–Crippen MR) is 115 cm³/mol. The second-order valence-electron chi connectivity index (χ2n) is 6.57. The van der Waals surface area contributed by atoms with E-state index in [4.69, 9.17) is 4.74 Å². The van der Waals surface area contributed by atoms with Crippen LogP contribution in [-0.2, 0) is 0 Å². The fourth-order valence-corrected chi connectivity index (χ4v) is 3.81. The van der Waals surface area contributed by atoms with Gasteiger partial charge in [-0.3, -0.25) is 9.69 Å². The number of hydrogen-bond donors (Lipinski definition) is 0. The summed E-state index contributed by atoms with van der Waals surface area (Å²) in [6, 6.07) is 8.79. The Balaban J connectivity index is 0.00000300. The van der Waals surface area contributed by atoms with E-state index >= 15 is 0 Å². The number of thiazole rings is 1. The predicted octanol–water partition coefficient (Wildman–Crippen LogP) is 4.60. The maximum atomic E-state index is 14.1. The Labute approximate surface area is 178 Å². The molecule has 0 saturated carbocycles. The first-order valence-corrected chi connectivity index (χ1v) is 9.57. The van der Waals surface area contributed by atoms with Gasteiger partial charge in [-0.05, 0) is 57.4 Å². The molecule has 29 heavy (non-hydrogen) atoms. The number of rotatable bonds is 7. The van der Waals surface area contributed by atoms with Crippen molar-refractivity contribution < 1.29 is 18.3 Å². The van der Waals surface area contributed by atoms with E-state index < -0.39 is 11.6 Å². The van der Waals surface area contributed by atoms with E-state index in [0.717, 1.165) is 23.9 Å². The molecule has 0 radical (unpaired) electrons. The largest absolute Gasteiger partial charge is 0.497 e. The maximum absolute atomic E-state index is 14.1. The fraction of sp³-hybridized carbons (Fsp3) is 0.300. The van der Waals surface area contributed by atoms with Crippen LogP contribution >= 0.6 is 23.7 Å². The van der Waals surface area contributed by atoms with Gasteiger partial charge in [-0.25, -0.2) is 13.8 Å². The van der Waals surface area contributed by atoms with Crippen LogP contribution in [0.5, 0.6) is 5.75 Å². The summed E-state index contributed by atoms with van der Waals surface area (Å²) in [5.74, 6) is -1.00. The number of amides is 1. The zero-order chi connectivity index (χ0) is 20.3. The van der Waals surface area contributed by atoms with Crippen LogP contribution in [0.15, 0.2) is 36.4 Å². The number of fused-ring (bicyclic) bond motifs is 1. The molecule has 0 atom stereocenters. The van der Waals surface area contributed by atoms with Gasteiger partial charge in [0, 0.05) is 18.2 Å². The van der Waals surface area contributed by atoms with Gasteiger partial charge in [-0.15, -0.1) is 12.4 Å².